The summed E-state index contributed by atoms with van der Waals surface area (Å²) >= 11 is 11.0. The smallest absolute Gasteiger partial charge is 0.338 e. The molecule has 0 bridgehead atoms. The van der Waals surface area contributed by atoms with Gasteiger partial charge in [-0.3, -0.25) is 4.90 Å². The second-order valence-corrected chi connectivity index (χ2v) is 9.03. The molecule has 3 rings (SSSR count). The average molecular weight is 544 g/mol. The molecule has 0 aromatic heterocycles. The molecule has 2 aromatic rings. The molecular formula is C26H33N5O4S2. The summed E-state index contributed by atoms with van der Waals surface area (Å²) in [7, 11) is 0. The second-order valence-electron chi connectivity index (χ2n) is 8.24. The van der Waals surface area contributed by atoms with Gasteiger partial charge >= 0.3 is 11.9 Å². The van der Waals surface area contributed by atoms with E-state index in [0.29, 0.717) is 41.1 Å². The molecule has 3 N–H and O–H groups in total. The molecule has 11 heteroatoms. The van der Waals surface area contributed by atoms with E-state index in [0.717, 1.165) is 44.1 Å². The molecule has 198 valence electrons. The Morgan fingerprint density at radius 3 is 1.76 bits per heavy atom. The van der Waals surface area contributed by atoms with E-state index in [9.17, 15) is 9.59 Å². The molecule has 0 amide bonds. The van der Waals surface area contributed by atoms with Gasteiger partial charge < -0.3 is 30.3 Å². The average Bonchev–Trinajstić information content (AvgIpc) is 2.90. The van der Waals surface area contributed by atoms with Gasteiger partial charge in [0.2, 0.25) is 0 Å². The van der Waals surface area contributed by atoms with Gasteiger partial charge in [0.25, 0.3) is 0 Å². The molecular weight excluding hydrogens is 510 g/mol. The number of rotatable bonds is 9. The van der Waals surface area contributed by atoms with Crippen LogP contribution in [0.5, 0.6) is 0 Å². The lowest BCUT2D eigenvalue weighted by Gasteiger charge is -2.36. The van der Waals surface area contributed by atoms with E-state index >= 15 is 0 Å². The summed E-state index contributed by atoms with van der Waals surface area (Å²) in [4.78, 5) is 28.0. The van der Waals surface area contributed by atoms with Crippen LogP contribution in [-0.4, -0.2) is 84.4 Å². The van der Waals surface area contributed by atoms with E-state index in [1.54, 1.807) is 50.2 Å². The molecule has 0 spiro atoms. The summed E-state index contributed by atoms with van der Waals surface area (Å²) in [6.45, 7) is 9.25. The Morgan fingerprint density at radius 2 is 1.27 bits per heavy atom. The fourth-order valence-electron chi connectivity index (χ4n) is 3.69. The van der Waals surface area contributed by atoms with Crippen molar-refractivity contribution < 1.29 is 19.1 Å². The van der Waals surface area contributed by atoms with Crippen LogP contribution in [0.2, 0.25) is 0 Å². The SMILES string of the molecule is CCOC(=O)c1ccc(NC(=S)NCCN2CCN(C(=S)Nc3ccc(C(=O)OCC)cc3)CC2)cc1. The number of thiocarbonyl (C=S) groups is 2. The first-order valence-corrected chi connectivity index (χ1v) is 13.1. The summed E-state index contributed by atoms with van der Waals surface area (Å²) in [5.41, 5.74) is 2.66. The van der Waals surface area contributed by atoms with Crippen molar-refractivity contribution in [1.29, 1.82) is 0 Å². The molecule has 0 aliphatic carbocycles. The number of piperazine rings is 1. The first-order chi connectivity index (χ1) is 17.9. The molecule has 0 radical (unpaired) electrons. The highest BCUT2D eigenvalue weighted by Gasteiger charge is 2.19. The highest BCUT2D eigenvalue weighted by atomic mass is 32.1. The third-order valence-electron chi connectivity index (χ3n) is 5.67. The lowest BCUT2D eigenvalue weighted by molar-refractivity contribution is 0.0517. The topological polar surface area (TPSA) is 95.2 Å². The van der Waals surface area contributed by atoms with E-state index < -0.39 is 0 Å². The Hall–Kier alpha value is -3.28. The van der Waals surface area contributed by atoms with Crippen molar-refractivity contribution in [3.63, 3.8) is 0 Å². The van der Waals surface area contributed by atoms with E-state index in [2.05, 4.69) is 25.8 Å². The molecule has 0 atom stereocenters. The number of hydrogen-bond donors (Lipinski definition) is 3. The van der Waals surface area contributed by atoms with Crippen molar-refractivity contribution in [2.45, 2.75) is 13.8 Å². The van der Waals surface area contributed by atoms with Crippen LogP contribution in [0.15, 0.2) is 48.5 Å². The first-order valence-electron chi connectivity index (χ1n) is 12.3. The first kappa shape index (κ1) is 28.3. The van der Waals surface area contributed by atoms with Crippen LogP contribution in [0.25, 0.3) is 0 Å². The number of carbonyl (C=O) groups is 2. The Morgan fingerprint density at radius 1 is 0.784 bits per heavy atom. The largest absolute Gasteiger partial charge is 0.462 e. The number of ether oxygens (including phenoxy) is 2. The van der Waals surface area contributed by atoms with Crippen LogP contribution in [0.1, 0.15) is 34.6 Å². The Kier molecular flexibility index (Phi) is 11.1. The Balaban J connectivity index is 1.33. The minimum atomic E-state index is -0.337. The van der Waals surface area contributed by atoms with Crippen LogP contribution in [0.4, 0.5) is 11.4 Å². The minimum Gasteiger partial charge on any atom is -0.462 e. The monoisotopic (exact) mass is 543 g/mol. The van der Waals surface area contributed by atoms with Crippen molar-refractivity contribution in [2.24, 2.45) is 0 Å². The van der Waals surface area contributed by atoms with Crippen LogP contribution >= 0.6 is 24.4 Å². The molecule has 1 heterocycles. The molecule has 2 aromatic carbocycles. The second kappa shape index (κ2) is 14.5. The zero-order valence-corrected chi connectivity index (χ0v) is 22.8. The molecule has 0 unspecified atom stereocenters. The Bertz CT molecular complexity index is 1070. The number of anilines is 2. The summed E-state index contributed by atoms with van der Waals surface area (Å²) in [6.07, 6.45) is 0. The van der Waals surface area contributed by atoms with E-state index in [1.165, 1.54) is 0 Å². The molecule has 1 fully saturated rings. The molecule has 1 saturated heterocycles. The number of esters is 2. The summed E-state index contributed by atoms with van der Waals surface area (Å²) in [6, 6.07) is 14.1. The third-order valence-corrected chi connectivity index (χ3v) is 6.28. The van der Waals surface area contributed by atoms with Gasteiger partial charge in [0.1, 0.15) is 0 Å². The predicted octanol–water partition coefficient (Wildman–Crippen LogP) is 3.34. The maximum Gasteiger partial charge on any atom is 0.338 e. The predicted molar refractivity (Wildman–Crippen MR) is 153 cm³/mol. The number of nitrogens with one attached hydrogen (secondary N) is 3. The van der Waals surface area contributed by atoms with Crippen molar-refractivity contribution in [2.75, 3.05) is 63.1 Å². The molecule has 37 heavy (non-hydrogen) atoms. The van der Waals surface area contributed by atoms with Crippen molar-refractivity contribution in [3.8, 4) is 0 Å². The molecule has 1 aliphatic heterocycles. The quantitative estimate of drug-likeness (QED) is 0.321. The van der Waals surface area contributed by atoms with Crippen molar-refractivity contribution >= 4 is 58.0 Å². The Labute approximate surface area is 228 Å². The number of hydrogen-bond acceptors (Lipinski definition) is 7. The van der Waals surface area contributed by atoms with E-state index in [1.807, 2.05) is 12.1 Å². The van der Waals surface area contributed by atoms with Gasteiger partial charge in [-0.1, -0.05) is 0 Å². The van der Waals surface area contributed by atoms with Gasteiger partial charge in [-0.25, -0.2) is 9.59 Å². The van der Waals surface area contributed by atoms with Gasteiger partial charge in [0.15, 0.2) is 10.2 Å². The number of carbonyl (C=O) groups excluding carboxylic acids is 2. The lowest BCUT2D eigenvalue weighted by Crippen LogP contribution is -2.51. The van der Waals surface area contributed by atoms with Crippen LogP contribution in [0, 0.1) is 0 Å². The number of benzene rings is 2. The fraction of sp³-hybridized carbons (Fsp3) is 0.385. The van der Waals surface area contributed by atoms with E-state index in [4.69, 9.17) is 33.9 Å². The highest BCUT2D eigenvalue weighted by molar-refractivity contribution is 7.80. The maximum absolute atomic E-state index is 11.8. The summed E-state index contributed by atoms with van der Waals surface area (Å²) < 4.78 is 10.0. The zero-order valence-electron chi connectivity index (χ0n) is 21.1. The standard InChI is InChI=1S/C26H33N5O4S2/c1-3-34-23(32)19-5-9-21(10-6-19)28-25(36)27-13-14-30-15-17-31(18-16-30)26(37)29-22-11-7-20(8-12-22)24(33)35-4-2/h5-12H,3-4,13-18H2,1-2H3,(H,29,37)(H2,27,28,36). The van der Waals surface area contributed by atoms with Crippen molar-refractivity contribution in [1.82, 2.24) is 15.1 Å². The molecule has 0 saturated carbocycles. The molecule has 1 aliphatic rings. The normalized spacial score (nSPS) is 13.4. The summed E-state index contributed by atoms with van der Waals surface area (Å²) in [5.74, 6) is -0.667. The van der Waals surface area contributed by atoms with E-state index in [-0.39, 0.29) is 11.9 Å². The van der Waals surface area contributed by atoms with Gasteiger partial charge in [-0.15, -0.1) is 0 Å². The zero-order chi connectivity index (χ0) is 26.6. The molecule has 9 nitrogen and oxygen atoms in total. The third kappa shape index (κ3) is 8.96. The van der Waals surface area contributed by atoms with Gasteiger partial charge in [-0.05, 0) is 86.8 Å². The highest BCUT2D eigenvalue weighted by Crippen LogP contribution is 2.13. The maximum atomic E-state index is 11.8. The number of nitrogens with zero attached hydrogens (tertiary/aromatic N) is 2. The lowest BCUT2D eigenvalue weighted by atomic mass is 10.2. The van der Waals surface area contributed by atoms with Gasteiger partial charge in [0, 0.05) is 50.6 Å². The minimum absolute atomic E-state index is 0.330. The van der Waals surface area contributed by atoms with Crippen molar-refractivity contribution in [3.05, 3.63) is 59.7 Å². The summed E-state index contributed by atoms with van der Waals surface area (Å²) in [5, 5.41) is 10.8. The fourth-order valence-corrected chi connectivity index (χ4v) is 4.21. The van der Waals surface area contributed by atoms with Crippen LogP contribution < -0.4 is 16.0 Å². The van der Waals surface area contributed by atoms with Gasteiger partial charge in [-0.2, -0.15) is 0 Å². The van der Waals surface area contributed by atoms with Crippen LogP contribution in [-0.2, 0) is 9.47 Å². The van der Waals surface area contributed by atoms with Gasteiger partial charge in [0.05, 0.1) is 24.3 Å². The van der Waals surface area contributed by atoms with Crippen LogP contribution in [0.3, 0.4) is 0 Å².